The van der Waals surface area contributed by atoms with Crippen LogP contribution in [0.15, 0.2) is 0 Å². The van der Waals surface area contributed by atoms with Crippen molar-refractivity contribution >= 4 is 5.91 Å². The number of carbonyl (C=O) groups excluding carboxylic acids is 1. The van der Waals surface area contributed by atoms with Crippen molar-refractivity contribution in [3.63, 3.8) is 0 Å². The van der Waals surface area contributed by atoms with Gasteiger partial charge in [0.15, 0.2) is 0 Å². The molecule has 0 aromatic rings. The van der Waals surface area contributed by atoms with Crippen LogP contribution in [0.3, 0.4) is 0 Å². The highest BCUT2D eigenvalue weighted by Gasteiger charge is 2.43. The van der Waals surface area contributed by atoms with Gasteiger partial charge in [-0.2, -0.15) is 0 Å². The van der Waals surface area contributed by atoms with Crippen molar-refractivity contribution in [2.45, 2.75) is 44.6 Å². The van der Waals surface area contributed by atoms with Gasteiger partial charge in [-0.15, -0.1) is 0 Å². The summed E-state index contributed by atoms with van der Waals surface area (Å²) in [5.41, 5.74) is 0.697. The summed E-state index contributed by atoms with van der Waals surface area (Å²) in [5.74, 6) is 0.248. The first-order valence-corrected chi connectivity index (χ1v) is 6.28. The van der Waals surface area contributed by atoms with Crippen LogP contribution in [-0.4, -0.2) is 36.5 Å². The average molecular weight is 208 g/mol. The fourth-order valence-electron chi connectivity index (χ4n) is 3.39. The summed E-state index contributed by atoms with van der Waals surface area (Å²) in [7, 11) is 0. The van der Waals surface area contributed by atoms with Gasteiger partial charge in [-0.3, -0.25) is 4.79 Å². The molecule has 1 amide bonds. The number of rotatable bonds is 2. The summed E-state index contributed by atoms with van der Waals surface area (Å²) < 4.78 is 0. The summed E-state index contributed by atoms with van der Waals surface area (Å²) in [6, 6.07) is 0.438. The van der Waals surface area contributed by atoms with Crippen molar-refractivity contribution in [1.29, 1.82) is 0 Å². The van der Waals surface area contributed by atoms with Crippen LogP contribution >= 0.6 is 0 Å². The van der Waals surface area contributed by atoms with Crippen LogP contribution in [0.2, 0.25) is 0 Å². The molecule has 1 N–H and O–H groups in total. The summed E-state index contributed by atoms with van der Waals surface area (Å²) >= 11 is 0. The normalized spacial score (nSPS) is 34.4. The minimum atomic E-state index is 0.248. The lowest BCUT2D eigenvalue weighted by molar-refractivity contribution is -0.119. The summed E-state index contributed by atoms with van der Waals surface area (Å²) in [5, 5.41) is 3.06. The summed E-state index contributed by atoms with van der Waals surface area (Å²) in [4.78, 5) is 13.7. The Hall–Kier alpha value is -0.570. The molecule has 3 rings (SSSR count). The van der Waals surface area contributed by atoms with E-state index >= 15 is 0 Å². The Morgan fingerprint density at radius 1 is 1.40 bits per heavy atom. The zero-order chi connectivity index (χ0) is 10.3. The van der Waals surface area contributed by atoms with Gasteiger partial charge in [0.05, 0.1) is 0 Å². The Bertz CT molecular complexity index is 273. The largest absolute Gasteiger partial charge is 0.352 e. The molecular formula is C12H20N2O. The lowest BCUT2D eigenvalue weighted by Gasteiger charge is -2.38. The molecule has 3 fully saturated rings. The molecular weight excluding hydrogens is 188 g/mol. The van der Waals surface area contributed by atoms with Gasteiger partial charge in [-0.25, -0.2) is 0 Å². The van der Waals surface area contributed by atoms with Gasteiger partial charge in [0.2, 0.25) is 5.91 Å². The molecule has 0 unspecified atom stereocenters. The van der Waals surface area contributed by atoms with E-state index in [2.05, 4.69) is 10.2 Å². The lowest BCUT2D eigenvalue weighted by atomic mass is 9.68. The predicted molar refractivity (Wildman–Crippen MR) is 58.5 cm³/mol. The van der Waals surface area contributed by atoms with E-state index in [4.69, 9.17) is 0 Å². The first-order chi connectivity index (χ1) is 7.26. The highest BCUT2D eigenvalue weighted by atomic mass is 16.1. The molecule has 1 spiro atoms. The molecule has 2 heterocycles. The summed E-state index contributed by atoms with van der Waals surface area (Å²) in [6.45, 7) is 3.64. The van der Waals surface area contributed by atoms with Crippen LogP contribution in [-0.2, 0) is 4.79 Å². The molecule has 0 bridgehead atoms. The Balaban J connectivity index is 1.50. The second-order valence-electron chi connectivity index (χ2n) is 5.64. The van der Waals surface area contributed by atoms with Gasteiger partial charge in [-0.1, -0.05) is 6.42 Å². The fourth-order valence-corrected chi connectivity index (χ4v) is 3.39. The Morgan fingerprint density at radius 3 is 2.80 bits per heavy atom. The van der Waals surface area contributed by atoms with Crippen molar-refractivity contribution in [2.75, 3.05) is 19.6 Å². The molecule has 2 aliphatic heterocycles. The maximum Gasteiger partial charge on any atom is 0.220 e. The van der Waals surface area contributed by atoms with E-state index < -0.39 is 0 Å². The molecule has 3 heteroatoms. The highest BCUT2D eigenvalue weighted by Crippen LogP contribution is 2.47. The van der Waals surface area contributed by atoms with Crippen molar-refractivity contribution < 1.29 is 4.79 Å². The van der Waals surface area contributed by atoms with Gasteiger partial charge in [-0.05, 0) is 37.6 Å². The maximum atomic E-state index is 11.1. The van der Waals surface area contributed by atoms with Gasteiger partial charge in [0.25, 0.3) is 0 Å². The Kier molecular flexibility index (Phi) is 2.23. The molecule has 0 radical (unpaired) electrons. The molecule has 0 aromatic carbocycles. The maximum absolute atomic E-state index is 11.1. The van der Waals surface area contributed by atoms with Crippen molar-refractivity contribution in [1.82, 2.24) is 10.2 Å². The topological polar surface area (TPSA) is 32.3 Å². The summed E-state index contributed by atoms with van der Waals surface area (Å²) in [6.07, 6.45) is 7.51. The molecule has 15 heavy (non-hydrogen) atoms. The minimum absolute atomic E-state index is 0.248. The van der Waals surface area contributed by atoms with E-state index in [1.807, 2.05) is 0 Å². The van der Waals surface area contributed by atoms with Crippen LogP contribution in [0.5, 0.6) is 0 Å². The van der Waals surface area contributed by atoms with E-state index in [-0.39, 0.29) is 5.91 Å². The van der Waals surface area contributed by atoms with Gasteiger partial charge in [0, 0.05) is 25.6 Å². The first-order valence-electron chi connectivity index (χ1n) is 6.28. The molecule has 3 nitrogen and oxygen atoms in total. The third-order valence-electron chi connectivity index (χ3n) is 4.50. The number of likely N-dealkylation sites (tertiary alicyclic amines) is 1. The van der Waals surface area contributed by atoms with Gasteiger partial charge >= 0.3 is 0 Å². The van der Waals surface area contributed by atoms with Crippen molar-refractivity contribution in [2.24, 2.45) is 5.41 Å². The Labute approximate surface area is 91.2 Å². The van der Waals surface area contributed by atoms with Crippen molar-refractivity contribution in [3.05, 3.63) is 0 Å². The van der Waals surface area contributed by atoms with E-state index in [1.165, 1.54) is 38.8 Å². The molecule has 2 saturated heterocycles. The number of carbonyl (C=O) groups is 1. The fraction of sp³-hybridized carbons (Fsp3) is 0.917. The molecule has 1 atom stereocenters. The van der Waals surface area contributed by atoms with E-state index in [1.54, 1.807) is 0 Å². The van der Waals surface area contributed by atoms with Crippen LogP contribution in [0.25, 0.3) is 0 Å². The zero-order valence-corrected chi connectivity index (χ0v) is 9.30. The predicted octanol–water partition coefficient (Wildman–Crippen LogP) is 1.14. The average Bonchev–Trinajstić information content (AvgIpc) is 2.72. The number of nitrogens with one attached hydrogen (secondary N) is 1. The molecule has 1 aliphatic carbocycles. The standard InChI is InChI=1S/C12H20N2O/c15-11-3-2-10(13-11)8-14-7-6-12(9-14)4-1-5-12/h10H,1-9H2,(H,13,15)/t10-/m0/s1. The lowest BCUT2D eigenvalue weighted by Crippen LogP contribution is -2.40. The van der Waals surface area contributed by atoms with Gasteiger partial charge < -0.3 is 10.2 Å². The highest BCUT2D eigenvalue weighted by molar-refractivity contribution is 5.78. The SMILES string of the molecule is O=C1CC[C@@H](CN2CCC3(CCC3)C2)N1. The van der Waals surface area contributed by atoms with Crippen LogP contribution < -0.4 is 5.32 Å². The minimum Gasteiger partial charge on any atom is -0.352 e. The van der Waals surface area contributed by atoms with E-state index in [0.717, 1.165) is 19.4 Å². The second-order valence-corrected chi connectivity index (χ2v) is 5.64. The van der Waals surface area contributed by atoms with E-state index in [0.29, 0.717) is 11.5 Å². The molecule has 0 aromatic heterocycles. The Morgan fingerprint density at radius 2 is 2.27 bits per heavy atom. The molecule has 3 aliphatic rings. The van der Waals surface area contributed by atoms with E-state index in [9.17, 15) is 4.79 Å². The zero-order valence-electron chi connectivity index (χ0n) is 9.30. The van der Waals surface area contributed by atoms with Crippen LogP contribution in [0.4, 0.5) is 0 Å². The molecule has 84 valence electrons. The van der Waals surface area contributed by atoms with Gasteiger partial charge in [0.1, 0.15) is 0 Å². The molecule has 1 saturated carbocycles. The second kappa shape index (κ2) is 3.48. The number of nitrogens with zero attached hydrogens (tertiary/aromatic N) is 1. The van der Waals surface area contributed by atoms with Crippen LogP contribution in [0.1, 0.15) is 38.5 Å². The monoisotopic (exact) mass is 208 g/mol. The first kappa shape index (κ1) is 9.64. The quantitative estimate of drug-likeness (QED) is 0.738. The number of hydrogen-bond acceptors (Lipinski definition) is 2. The van der Waals surface area contributed by atoms with Crippen LogP contribution in [0, 0.1) is 5.41 Å². The smallest absolute Gasteiger partial charge is 0.220 e. The number of amides is 1. The number of hydrogen-bond donors (Lipinski definition) is 1. The third kappa shape index (κ3) is 1.78. The third-order valence-corrected chi connectivity index (χ3v) is 4.50. The van der Waals surface area contributed by atoms with Crippen molar-refractivity contribution in [3.8, 4) is 0 Å².